The van der Waals surface area contributed by atoms with Crippen molar-refractivity contribution in [3.05, 3.63) is 41.5 Å². The van der Waals surface area contributed by atoms with Crippen LogP contribution in [0, 0.1) is 0 Å². The van der Waals surface area contributed by atoms with Gasteiger partial charge in [0.05, 0.1) is 24.4 Å². The van der Waals surface area contributed by atoms with Crippen LogP contribution in [0.25, 0.3) is 0 Å². The predicted octanol–water partition coefficient (Wildman–Crippen LogP) is 4.21. The Bertz CT molecular complexity index is 784. The third kappa shape index (κ3) is 8.16. The number of benzene rings is 1. The highest BCUT2D eigenvalue weighted by molar-refractivity contribution is 5.87. The van der Waals surface area contributed by atoms with Gasteiger partial charge in [0.1, 0.15) is 5.75 Å². The van der Waals surface area contributed by atoms with Gasteiger partial charge in [-0.05, 0) is 55.9 Å². The minimum atomic E-state index is -0.955. The second-order valence-electron chi connectivity index (χ2n) is 8.65. The van der Waals surface area contributed by atoms with Gasteiger partial charge in [-0.15, -0.1) is 0 Å². The Morgan fingerprint density at radius 3 is 2.15 bits per heavy atom. The molecule has 1 aromatic rings. The van der Waals surface area contributed by atoms with Gasteiger partial charge in [0.15, 0.2) is 0 Å². The van der Waals surface area contributed by atoms with Crippen LogP contribution in [0.4, 0.5) is 0 Å². The molecule has 1 aliphatic carbocycles. The molecule has 0 heterocycles. The van der Waals surface area contributed by atoms with Crippen molar-refractivity contribution in [1.29, 1.82) is 0 Å². The van der Waals surface area contributed by atoms with Crippen LogP contribution in [0.1, 0.15) is 72.3 Å². The third-order valence-corrected chi connectivity index (χ3v) is 6.20. The SMILES string of the molecule is CCC(CC)Oc1ccc(CN[C@H]2CC(C(=O)O)=C[C@@H](OC(CC)CC)[C@@H]2NC(C)=O)cc1. The van der Waals surface area contributed by atoms with Gasteiger partial charge >= 0.3 is 5.97 Å². The summed E-state index contributed by atoms with van der Waals surface area (Å²) in [7, 11) is 0. The molecule has 3 atom stereocenters. The molecule has 0 fully saturated rings. The maximum Gasteiger partial charge on any atom is 0.331 e. The van der Waals surface area contributed by atoms with Crippen molar-refractivity contribution < 1.29 is 24.2 Å². The van der Waals surface area contributed by atoms with Gasteiger partial charge in [-0.1, -0.05) is 39.8 Å². The van der Waals surface area contributed by atoms with Crippen molar-refractivity contribution >= 4 is 11.9 Å². The Hall–Kier alpha value is -2.38. The maximum atomic E-state index is 11.9. The lowest BCUT2D eigenvalue weighted by Gasteiger charge is -2.38. The molecule has 1 aliphatic rings. The fourth-order valence-corrected chi connectivity index (χ4v) is 4.15. The molecule has 0 spiro atoms. The van der Waals surface area contributed by atoms with Gasteiger partial charge in [0.25, 0.3) is 0 Å². The molecule has 0 radical (unpaired) electrons. The van der Waals surface area contributed by atoms with Gasteiger partial charge in [-0.3, -0.25) is 4.79 Å². The predicted molar refractivity (Wildman–Crippen MR) is 129 cm³/mol. The van der Waals surface area contributed by atoms with Crippen molar-refractivity contribution in [2.24, 2.45) is 0 Å². The van der Waals surface area contributed by atoms with Crippen LogP contribution in [0.2, 0.25) is 0 Å². The van der Waals surface area contributed by atoms with Crippen molar-refractivity contribution in [1.82, 2.24) is 10.6 Å². The van der Waals surface area contributed by atoms with Gasteiger partial charge in [0.2, 0.25) is 5.91 Å². The van der Waals surface area contributed by atoms with Crippen LogP contribution < -0.4 is 15.4 Å². The molecule has 0 saturated carbocycles. The number of ether oxygens (including phenoxy) is 2. The van der Waals surface area contributed by atoms with E-state index in [4.69, 9.17) is 9.47 Å². The molecule has 33 heavy (non-hydrogen) atoms. The Labute approximate surface area is 197 Å². The van der Waals surface area contributed by atoms with E-state index in [9.17, 15) is 14.7 Å². The molecule has 184 valence electrons. The smallest absolute Gasteiger partial charge is 0.331 e. The zero-order valence-electron chi connectivity index (χ0n) is 20.6. The number of aliphatic carboxylic acids is 1. The fourth-order valence-electron chi connectivity index (χ4n) is 4.15. The zero-order chi connectivity index (χ0) is 24.4. The lowest BCUT2D eigenvalue weighted by molar-refractivity contribution is -0.133. The summed E-state index contributed by atoms with van der Waals surface area (Å²) in [5.74, 6) is -0.278. The second-order valence-corrected chi connectivity index (χ2v) is 8.65. The van der Waals surface area contributed by atoms with Crippen molar-refractivity contribution in [3.63, 3.8) is 0 Å². The molecular formula is C26H40N2O5. The summed E-state index contributed by atoms with van der Waals surface area (Å²) in [6.45, 7) is 10.3. The molecular weight excluding hydrogens is 420 g/mol. The molecule has 0 aliphatic heterocycles. The molecule has 3 N–H and O–H groups in total. The van der Waals surface area contributed by atoms with E-state index in [2.05, 4.69) is 24.5 Å². The summed E-state index contributed by atoms with van der Waals surface area (Å²) in [4.78, 5) is 23.7. The molecule has 1 aromatic carbocycles. The summed E-state index contributed by atoms with van der Waals surface area (Å²) in [6, 6.07) is 7.31. The lowest BCUT2D eigenvalue weighted by Crippen LogP contribution is -2.58. The first-order chi connectivity index (χ1) is 15.8. The highest BCUT2D eigenvalue weighted by atomic mass is 16.5. The van der Waals surface area contributed by atoms with Gasteiger partial charge < -0.3 is 25.2 Å². The topological polar surface area (TPSA) is 96.9 Å². The van der Waals surface area contributed by atoms with Crippen molar-refractivity contribution in [3.8, 4) is 5.75 Å². The molecule has 0 unspecified atom stereocenters. The Kier molecular flexibility index (Phi) is 10.9. The largest absolute Gasteiger partial charge is 0.490 e. The van der Waals surface area contributed by atoms with E-state index in [1.165, 1.54) is 6.92 Å². The third-order valence-electron chi connectivity index (χ3n) is 6.20. The highest BCUT2D eigenvalue weighted by Gasteiger charge is 2.37. The molecule has 0 bridgehead atoms. The number of rotatable bonds is 13. The van der Waals surface area contributed by atoms with E-state index < -0.39 is 12.1 Å². The van der Waals surface area contributed by atoms with E-state index in [1.54, 1.807) is 6.08 Å². The molecule has 2 rings (SSSR count). The number of nitrogens with one attached hydrogen (secondary N) is 2. The molecule has 7 heteroatoms. The highest BCUT2D eigenvalue weighted by Crippen LogP contribution is 2.25. The number of carbonyl (C=O) groups excluding carboxylic acids is 1. The van der Waals surface area contributed by atoms with Crippen molar-refractivity contribution in [2.45, 2.75) is 104 Å². The van der Waals surface area contributed by atoms with Crippen LogP contribution in [-0.4, -0.2) is 47.4 Å². The molecule has 1 amide bonds. The zero-order valence-corrected chi connectivity index (χ0v) is 20.6. The number of carboxylic acids is 1. The van der Waals surface area contributed by atoms with E-state index in [1.807, 2.05) is 38.1 Å². The van der Waals surface area contributed by atoms with E-state index in [0.29, 0.717) is 18.5 Å². The number of carbonyl (C=O) groups is 2. The fraction of sp³-hybridized carbons (Fsp3) is 0.615. The van der Waals surface area contributed by atoms with Gasteiger partial charge in [0, 0.05) is 25.1 Å². The number of hydrogen-bond donors (Lipinski definition) is 3. The van der Waals surface area contributed by atoms with Gasteiger partial charge in [-0.2, -0.15) is 0 Å². The average molecular weight is 461 g/mol. The summed E-state index contributed by atoms with van der Waals surface area (Å²) in [6.07, 6.45) is 5.23. The van der Waals surface area contributed by atoms with Crippen molar-refractivity contribution in [2.75, 3.05) is 0 Å². The van der Waals surface area contributed by atoms with Crippen LogP contribution in [0.15, 0.2) is 35.9 Å². The van der Waals surface area contributed by atoms with E-state index in [-0.39, 0.29) is 30.2 Å². The summed E-state index contributed by atoms with van der Waals surface area (Å²) in [5.41, 5.74) is 1.36. The Morgan fingerprint density at radius 2 is 1.64 bits per heavy atom. The number of hydrogen-bond acceptors (Lipinski definition) is 5. The van der Waals surface area contributed by atoms with Crippen LogP contribution in [0.5, 0.6) is 5.75 Å². The quantitative estimate of drug-likeness (QED) is 0.408. The Balaban J connectivity index is 2.15. The molecule has 0 saturated heterocycles. The standard InChI is InChI=1S/C26H40N2O5/c1-6-20(7-2)32-22-12-10-18(11-13-22)16-27-23-14-19(26(30)31)15-24(25(23)28-17(5)29)33-21(8-3)9-4/h10-13,15,20-21,23-25,27H,6-9,14,16H2,1-5H3,(H,28,29)(H,30,31)/t23-,24+,25+/m0/s1. The maximum absolute atomic E-state index is 11.9. The number of amides is 1. The second kappa shape index (κ2) is 13.4. The molecule has 0 aromatic heterocycles. The van der Waals surface area contributed by atoms with Crippen LogP contribution >= 0.6 is 0 Å². The van der Waals surface area contributed by atoms with Crippen LogP contribution in [-0.2, 0) is 20.9 Å². The van der Waals surface area contributed by atoms with Gasteiger partial charge in [-0.25, -0.2) is 4.79 Å². The van der Waals surface area contributed by atoms with E-state index in [0.717, 1.165) is 37.0 Å². The normalized spacial score (nSPS) is 20.6. The minimum absolute atomic E-state index is 0.00100. The number of carboxylic acid groups (broad SMARTS) is 1. The lowest BCUT2D eigenvalue weighted by atomic mass is 9.87. The monoisotopic (exact) mass is 460 g/mol. The minimum Gasteiger partial charge on any atom is -0.490 e. The van der Waals surface area contributed by atoms with E-state index >= 15 is 0 Å². The first-order valence-corrected chi connectivity index (χ1v) is 12.2. The first-order valence-electron chi connectivity index (χ1n) is 12.2. The summed E-state index contributed by atoms with van der Waals surface area (Å²) >= 11 is 0. The first kappa shape index (κ1) is 26.9. The molecule has 7 nitrogen and oxygen atoms in total. The Morgan fingerprint density at radius 1 is 1.03 bits per heavy atom. The van der Waals surface area contributed by atoms with Crippen LogP contribution in [0.3, 0.4) is 0 Å². The summed E-state index contributed by atoms with van der Waals surface area (Å²) in [5, 5.41) is 16.1. The summed E-state index contributed by atoms with van der Waals surface area (Å²) < 4.78 is 12.2. The average Bonchev–Trinajstić information content (AvgIpc) is 2.81.